The lowest BCUT2D eigenvalue weighted by Crippen LogP contribution is -2.15. The van der Waals surface area contributed by atoms with Gasteiger partial charge in [0.25, 0.3) is 5.91 Å². The van der Waals surface area contributed by atoms with Crippen LogP contribution in [0.2, 0.25) is 0 Å². The predicted octanol–water partition coefficient (Wildman–Crippen LogP) is 4.71. The molecule has 0 aliphatic heterocycles. The molecule has 0 atom stereocenters. The van der Waals surface area contributed by atoms with Crippen LogP contribution in [0.3, 0.4) is 0 Å². The van der Waals surface area contributed by atoms with Gasteiger partial charge in [-0.25, -0.2) is 4.98 Å². The van der Waals surface area contributed by atoms with Crippen LogP contribution in [-0.4, -0.2) is 25.1 Å². The Morgan fingerprint density at radius 1 is 0.893 bits per heavy atom. The van der Waals surface area contributed by atoms with Crippen molar-refractivity contribution in [1.29, 1.82) is 0 Å². The van der Waals surface area contributed by atoms with Gasteiger partial charge >= 0.3 is 0 Å². The molecule has 0 bridgehead atoms. The van der Waals surface area contributed by atoms with Crippen molar-refractivity contribution in [2.45, 2.75) is 13.8 Å². The summed E-state index contributed by atoms with van der Waals surface area (Å²) in [5, 5.41) is 6.08. The third kappa shape index (κ3) is 4.23. The first-order valence-electron chi connectivity index (χ1n) is 8.84. The number of carbonyl (C=O) groups excluding carboxylic acids is 1. The Morgan fingerprint density at radius 2 is 1.57 bits per heavy atom. The van der Waals surface area contributed by atoms with E-state index in [0.29, 0.717) is 22.9 Å². The molecule has 1 amide bonds. The molecular formula is C22H23N3O3. The van der Waals surface area contributed by atoms with E-state index in [1.807, 2.05) is 12.1 Å². The number of methoxy groups -OCH3 is 2. The summed E-state index contributed by atoms with van der Waals surface area (Å²) in [6.07, 6.45) is 1.67. The quantitative estimate of drug-likeness (QED) is 0.651. The molecule has 3 aromatic rings. The fourth-order valence-electron chi connectivity index (χ4n) is 2.78. The average molecular weight is 377 g/mol. The van der Waals surface area contributed by atoms with Crippen molar-refractivity contribution in [2.75, 3.05) is 24.9 Å². The molecule has 0 aliphatic carbocycles. The highest BCUT2D eigenvalue weighted by atomic mass is 16.5. The summed E-state index contributed by atoms with van der Waals surface area (Å²) >= 11 is 0. The van der Waals surface area contributed by atoms with Crippen LogP contribution in [0.15, 0.2) is 54.7 Å². The highest BCUT2D eigenvalue weighted by Crippen LogP contribution is 2.29. The average Bonchev–Trinajstić information content (AvgIpc) is 2.71. The Kier molecular flexibility index (Phi) is 5.79. The Balaban J connectivity index is 1.74. The molecule has 0 unspecified atom stereocenters. The van der Waals surface area contributed by atoms with E-state index in [2.05, 4.69) is 41.6 Å². The number of hydrogen-bond donors (Lipinski definition) is 2. The van der Waals surface area contributed by atoms with Gasteiger partial charge in [-0.05, 0) is 61.4 Å². The third-order valence-electron chi connectivity index (χ3n) is 4.46. The maximum absolute atomic E-state index is 12.7. The van der Waals surface area contributed by atoms with E-state index in [1.165, 1.54) is 25.3 Å². The summed E-state index contributed by atoms with van der Waals surface area (Å²) < 4.78 is 10.6. The molecule has 0 fully saturated rings. The molecule has 2 N–H and O–H groups in total. The molecule has 144 valence electrons. The van der Waals surface area contributed by atoms with Gasteiger partial charge < -0.3 is 20.1 Å². The Labute approximate surface area is 164 Å². The number of benzene rings is 2. The van der Waals surface area contributed by atoms with Crippen molar-refractivity contribution in [1.82, 2.24) is 4.98 Å². The molecule has 28 heavy (non-hydrogen) atoms. The van der Waals surface area contributed by atoms with E-state index in [0.717, 1.165) is 11.4 Å². The number of rotatable bonds is 6. The van der Waals surface area contributed by atoms with Gasteiger partial charge in [0.15, 0.2) is 0 Å². The Bertz CT molecular complexity index is 963. The first-order chi connectivity index (χ1) is 13.5. The number of ether oxygens (including phenoxy) is 2. The lowest BCUT2D eigenvalue weighted by molar-refractivity contribution is 0.102. The predicted molar refractivity (Wildman–Crippen MR) is 111 cm³/mol. The van der Waals surface area contributed by atoms with Gasteiger partial charge in [-0.1, -0.05) is 12.1 Å². The summed E-state index contributed by atoms with van der Waals surface area (Å²) in [6.45, 7) is 4.15. The molecule has 0 aliphatic rings. The van der Waals surface area contributed by atoms with E-state index in [-0.39, 0.29) is 5.91 Å². The summed E-state index contributed by atoms with van der Waals surface area (Å²) in [4.78, 5) is 17.0. The highest BCUT2D eigenvalue weighted by Gasteiger charge is 2.18. The van der Waals surface area contributed by atoms with Crippen LogP contribution in [-0.2, 0) is 0 Å². The van der Waals surface area contributed by atoms with E-state index in [4.69, 9.17) is 9.47 Å². The van der Waals surface area contributed by atoms with Gasteiger partial charge in [-0.15, -0.1) is 0 Å². The van der Waals surface area contributed by atoms with Crippen molar-refractivity contribution >= 4 is 23.1 Å². The SMILES string of the molecule is COc1cccc(OC)c1C(=O)Nc1ccc(Nc2ccc(C)c(C)c2)cn1. The van der Waals surface area contributed by atoms with Crippen LogP contribution < -0.4 is 20.1 Å². The van der Waals surface area contributed by atoms with Gasteiger partial charge in [-0.3, -0.25) is 4.79 Å². The van der Waals surface area contributed by atoms with E-state index in [9.17, 15) is 4.79 Å². The third-order valence-corrected chi connectivity index (χ3v) is 4.46. The van der Waals surface area contributed by atoms with Crippen LogP contribution in [0.1, 0.15) is 21.5 Å². The minimum absolute atomic E-state index is 0.326. The molecule has 1 aromatic heterocycles. The zero-order valence-electron chi connectivity index (χ0n) is 16.4. The van der Waals surface area contributed by atoms with E-state index < -0.39 is 0 Å². The van der Waals surface area contributed by atoms with Crippen LogP contribution in [0.4, 0.5) is 17.2 Å². The Morgan fingerprint density at radius 3 is 2.14 bits per heavy atom. The number of pyridine rings is 1. The zero-order chi connectivity index (χ0) is 20.1. The molecule has 6 heteroatoms. The number of carbonyl (C=O) groups is 1. The summed E-state index contributed by atoms with van der Waals surface area (Å²) in [5.41, 5.74) is 4.60. The van der Waals surface area contributed by atoms with E-state index >= 15 is 0 Å². The van der Waals surface area contributed by atoms with Crippen molar-refractivity contribution in [3.63, 3.8) is 0 Å². The first-order valence-corrected chi connectivity index (χ1v) is 8.84. The van der Waals surface area contributed by atoms with Crippen LogP contribution in [0.25, 0.3) is 0 Å². The number of aryl methyl sites for hydroxylation is 2. The van der Waals surface area contributed by atoms with Gasteiger partial charge in [0.2, 0.25) is 0 Å². The second kappa shape index (κ2) is 8.43. The van der Waals surface area contributed by atoms with Crippen LogP contribution in [0.5, 0.6) is 11.5 Å². The molecule has 1 heterocycles. The molecular weight excluding hydrogens is 354 g/mol. The summed E-state index contributed by atoms with van der Waals surface area (Å²) in [6, 6.07) is 15.0. The second-order valence-electron chi connectivity index (χ2n) is 6.35. The van der Waals surface area contributed by atoms with Gasteiger partial charge in [0.05, 0.1) is 26.1 Å². The number of anilines is 3. The minimum atomic E-state index is -0.350. The van der Waals surface area contributed by atoms with Crippen molar-refractivity contribution in [2.24, 2.45) is 0 Å². The molecule has 0 saturated heterocycles. The lowest BCUT2D eigenvalue weighted by Gasteiger charge is -2.13. The molecule has 0 radical (unpaired) electrons. The fourth-order valence-corrected chi connectivity index (χ4v) is 2.78. The number of aromatic nitrogens is 1. The number of amides is 1. The highest BCUT2D eigenvalue weighted by molar-refractivity contribution is 6.07. The summed E-state index contributed by atoms with van der Waals surface area (Å²) in [7, 11) is 3.02. The fraction of sp³-hybridized carbons (Fsp3) is 0.182. The topological polar surface area (TPSA) is 72.5 Å². The first kappa shape index (κ1) is 19.2. The monoisotopic (exact) mass is 377 g/mol. The van der Waals surface area contributed by atoms with Crippen molar-refractivity contribution < 1.29 is 14.3 Å². The van der Waals surface area contributed by atoms with Crippen LogP contribution in [0, 0.1) is 13.8 Å². The van der Waals surface area contributed by atoms with Gasteiger partial charge in [-0.2, -0.15) is 0 Å². The maximum atomic E-state index is 12.7. The van der Waals surface area contributed by atoms with Crippen molar-refractivity contribution in [3.8, 4) is 11.5 Å². The minimum Gasteiger partial charge on any atom is -0.496 e. The molecule has 2 aromatic carbocycles. The maximum Gasteiger partial charge on any atom is 0.264 e. The normalized spacial score (nSPS) is 10.3. The smallest absolute Gasteiger partial charge is 0.264 e. The lowest BCUT2D eigenvalue weighted by atomic mass is 10.1. The second-order valence-corrected chi connectivity index (χ2v) is 6.35. The van der Waals surface area contributed by atoms with Crippen molar-refractivity contribution in [3.05, 3.63) is 71.4 Å². The Hall–Kier alpha value is -3.54. The molecule has 0 saturated carbocycles. The van der Waals surface area contributed by atoms with Crippen LogP contribution >= 0.6 is 0 Å². The number of nitrogens with zero attached hydrogens (tertiary/aromatic N) is 1. The molecule has 6 nitrogen and oxygen atoms in total. The van der Waals surface area contributed by atoms with E-state index in [1.54, 1.807) is 30.5 Å². The van der Waals surface area contributed by atoms with Gasteiger partial charge in [0.1, 0.15) is 22.9 Å². The summed E-state index contributed by atoms with van der Waals surface area (Å²) in [5.74, 6) is 0.954. The standard InChI is InChI=1S/C22H23N3O3/c1-14-8-9-16(12-15(14)2)24-17-10-11-20(23-13-17)25-22(26)21-18(27-3)6-5-7-19(21)28-4/h5-13,24H,1-4H3,(H,23,25,26). The van der Waals surface area contributed by atoms with Gasteiger partial charge in [0, 0.05) is 5.69 Å². The number of hydrogen-bond acceptors (Lipinski definition) is 5. The zero-order valence-corrected chi connectivity index (χ0v) is 16.4. The largest absolute Gasteiger partial charge is 0.496 e. The molecule has 3 rings (SSSR count). The number of nitrogens with one attached hydrogen (secondary N) is 2. The molecule has 0 spiro atoms.